The maximum absolute atomic E-state index is 13.1. The summed E-state index contributed by atoms with van der Waals surface area (Å²) in [5.74, 6) is -1.05. The van der Waals surface area contributed by atoms with Gasteiger partial charge in [0.25, 0.3) is 11.5 Å². The number of amides is 1. The number of nitrogens with zero attached hydrogens (tertiary/aromatic N) is 3. The molecule has 0 aromatic carbocycles. The quantitative estimate of drug-likeness (QED) is 0.924. The maximum Gasteiger partial charge on any atom is 0.414 e. The summed E-state index contributed by atoms with van der Waals surface area (Å²) < 4.78 is 40.1. The van der Waals surface area contributed by atoms with E-state index in [-0.39, 0.29) is 11.4 Å². The van der Waals surface area contributed by atoms with Gasteiger partial charge < -0.3 is 5.32 Å². The predicted molar refractivity (Wildman–Crippen MR) is 70.0 cm³/mol. The lowest BCUT2D eigenvalue weighted by Gasteiger charge is -2.20. The van der Waals surface area contributed by atoms with Crippen LogP contribution in [0.1, 0.15) is 22.2 Å². The maximum atomic E-state index is 13.1. The van der Waals surface area contributed by atoms with Crippen molar-refractivity contribution in [3.63, 3.8) is 0 Å². The normalized spacial score (nSPS) is 12.7. The number of aromatic nitrogens is 3. The van der Waals surface area contributed by atoms with E-state index in [9.17, 15) is 22.8 Å². The minimum atomic E-state index is -4.72. The second-order valence-electron chi connectivity index (χ2n) is 4.38. The summed E-state index contributed by atoms with van der Waals surface area (Å²) in [5, 5.41) is 5.44. The highest BCUT2D eigenvalue weighted by Gasteiger charge is 2.43. The first-order valence-corrected chi connectivity index (χ1v) is 6.12. The molecule has 0 aliphatic rings. The van der Waals surface area contributed by atoms with E-state index in [1.165, 1.54) is 25.4 Å². The van der Waals surface area contributed by atoms with Gasteiger partial charge in [0, 0.05) is 19.3 Å². The Balaban J connectivity index is 2.29. The third kappa shape index (κ3) is 3.48. The first-order chi connectivity index (χ1) is 10.3. The molecular formula is C13H11F3N4O2. The summed E-state index contributed by atoms with van der Waals surface area (Å²) in [6.45, 7) is 0. The van der Waals surface area contributed by atoms with Crippen LogP contribution in [-0.4, -0.2) is 26.8 Å². The molecule has 1 atom stereocenters. The van der Waals surface area contributed by atoms with Gasteiger partial charge in [-0.15, -0.1) is 0 Å². The molecule has 0 aliphatic heterocycles. The van der Waals surface area contributed by atoms with Gasteiger partial charge in [0.2, 0.25) is 0 Å². The molecule has 0 saturated carbocycles. The Morgan fingerprint density at radius 2 is 2.00 bits per heavy atom. The molecule has 1 N–H and O–H groups in total. The molecule has 2 rings (SSSR count). The first kappa shape index (κ1) is 15.7. The van der Waals surface area contributed by atoms with Crippen molar-refractivity contribution in [2.75, 3.05) is 0 Å². The number of nitrogens with one attached hydrogen (secondary N) is 1. The van der Waals surface area contributed by atoms with E-state index in [1.54, 1.807) is 0 Å². The van der Waals surface area contributed by atoms with Gasteiger partial charge >= 0.3 is 6.18 Å². The second-order valence-corrected chi connectivity index (χ2v) is 4.38. The standard InChI is InChI=1S/C13H11F3N4O2/c1-20-10(21)6-5-9(19-20)12(22)18-11(13(14,15)16)8-4-2-3-7-17-8/h2-7,11H,1H3,(H,18,22)/t11-/m0/s1. The number of hydrogen-bond donors (Lipinski definition) is 1. The number of aryl methyl sites for hydroxylation is 1. The van der Waals surface area contributed by atoms with E-state index in [0.717, 1.165) is 22.9 Å². The van der Waals surface area contributed by atoms with Crippen LogP contribution in [0.5, 0.6) is 0 Å². The van der Waals surface area contributed by atoms with Gasteiger partial charge in [-0.05, 0) is 18.2 Å². The molecule has 0 fully saturated rings. The SMILES string of the molecule is Cn1nc(C(=O)N[C@@H](c2ccccn2)C(F)(F)F)ccc1=O. The van der Waals surface area contributed by atoms with Gasteiger partial charge in [-0.1, -0.05) is 6.07 Å². The van der Waals surface area contributed by atoms with E-state index in [0.29, 0.717) is 0 Å². The van der Waals surface area contributed by atoms with E-state index >= 15 is 0 Å². The number of carbonyl (C=O) groups excluding carboxylic acids is 1. The topological polar surface area (TPSA) is 76.9 Å². The van der Waals surface area contributed by atoms with Crippen LogP contribution in [-0.2, 0) is 7.05 Å². The Hall–Kier alpha value is -2.71. The van der Waals surface area contributed by atoms with Crippen LogP contribution >= 0.6 is 0 Å². The fraction of sp³-hybridized carbons (Fsp3) is 0.231. The van der Waals surface area contributed by atoms with Gasteiger partial charge in [0.15, 0.2) is 6.04 Å². The lowest BCUT2D eigenvalue weighted by molar-refractivity contribution is -0.156. The van der Waals surface area contributed by atoms with Crippen LogP contribution in [0, 0.1) is 0 Å². The number of carbonyl (C=O) groups is 1. The highest BCUT2D eigenvalue weighted by Crippen LogP contribution is 2.31. The smallest absolute Gasteiger partial charge is 0.334 e. The highest BCUT2D eigenvalue weighted by molar-refractivity contribution is 5.92. The van der Waals surface area contributed by atoms with Crippen molar-refractivity contribution in [2.45, 2.75) is 12.2 Å². The first-order valence-electron chi connectivity index (χ1n) is 6.12. The zero-order valence-corrected chi connectivity index (χ0v) is 11.3. The highest BCUT2D eigenvalue weighted by atomic mass is 19.4. The molecule has 116 valence electrons. The zero-order valence-electron chi connectivity index (χ0n) is 11.3. The molecule has 2 aromatic heterocycles. The Bertz CT molecular complexity index is 728. The Kier molecular flexibility index (Phi) is 4.25. The summed E-state index contributed by atoms with van der Waals surface area (Å²) in [4.78, 5) is 26.7. The summed E-state index contributed by atoms with van der Waals surface area (Å²) in [5.41, 5.74) is -1.12. The lowest BCUT2D eigenvalue weighted by atomic mass is 10.1. The number of halogens is 3. The largest absolute Gasteiger partial charge is 0.414 e. The van der Waals surface area contributed by atoms with Crippen LogP contribution in [0.15, 0.2) is 41.3 Å². The van der Waals surface area contributed by atoms with E-state index in [2.05, 4.69) is 10.1 Å². The summed E-state index contributed by atoms with van der Waals surface area (Å²) in [7, 11) is 1.29. The predicted octanol–water partition coefficient (Wildman–Crippen LogP) is 1.21. The van der Waals surface area contributed by atoms with Crippen LogP contribution in [0.25, 0.3) is 0 Å². The minimum absolute atomic E-state index is 0.299. The van der Waals surface area contributed by atoms with Crippen molar-refractivity contribution in [3.8, 4) is 0 Å². The van der Waals surface area contributed by atoms with Gasteiger partial charge in [-0.2, -0.15) is 18.3 Å². The number of hydrogen-bond acceptors (Lipinski definition) is 4. The summed E-state index contributed by atoms with van der Waals surface area (Å²) in [6, 6.07) is 3.85. The molecule has 22 heavy (non-hydrogen) atoms. The van der Waals surface area contributed by atoms with E-state index in [1.807, 2.05) is 5.32 Å². The van der Waals surface area contributed by atoms with Gasteiger partial charge in [-0.25, -0.2) is 4.68 Å². The second kappa shape index (κ2) is 5.96. The summed E-state index contributed by atoms with van der Waals surface area (Å²) in [6.07, 6.45) is -3.52. The Morgan fingerprint density at radius 1 is 1.27 bits per heavy atom. The molecule has 9 heteroatoms. The van der Waals surface area contributed by atoms with Crippen molar-refractivity contribution < 1.29 is 18.0 Å². The molecule has 1 amide bonds. The molecule has 0 spiro atoms. The van der Waals surface area contributed by atoms with Gasteiger partial charge in [0.1, 0.15) is 5.69 Å². The van der Waals surface area contributed by atoms with Gasteiger partial charge in [-0.3, -0.25) is 14.6 Å². The minimum Gasteiger partial charge on any atom is -0.334 e. The molecule has 0 aliphatic carbocycles. The van der Waals surface area contributed by atoms with Crippen molar-refractivity contribution in [1.29, 1.82) is 0 Å². The van der Waals surface area contributed by atoms with Crippen LogP contribution in [0.3, 0.4) is 0 Å². The average molecular weight is 312 g/mol. The molecule has 0 bridgehead atoms. The zero-order chi connectivity index (χ0) is 16.3. The van der Waals surface area contributed by atoms with Gasteiger partial charge in [0.05, 0.1) is 5.69 Å². The van der Waals surface area contributed by atoms with Crippen molar-refractivity contribution in [3.05, 3.63) is 58.3 Å². The van der Waals surface area contributed by atoms with Crippen molar-refractivity contribution in [1.82, 2.24) is 20.1 Å². The number of rotatable bonds is 3. The van der Waals surface area contributed by atoms with Crippen LogP contribution < -0.4 is 10.9 Å². The Labute approximate surface area is 122 Å². The van der Waals surface area contributed by atoms with E-state index < -0.39 is 23.7 Å². The molecule has 6 nitrogen and oxygen atoms in total. The van der Waals surface area contributed by atoms with Crippen LogP contribution in [0.4, 0.5) is 13.2 Å². The molecular weight excluding hydrogens is 301 g/mol. The fourth-order valence-corrected chi connectivity index (χ4v) is 1.70. The average Bonchev–Trinajstić information content (AvgIpc) is 2.47. The third-order valence-corrected chi connectivity index (χ3v) is 2.78. The van der Waals surface area contributed by atoms with Crippen LogP contribution in [0.2, 0.25) is 0 Å². The van der Waals surface area contributed by atoms with Crippen molar-refractivity contribution in [2.24, 2.45) is 7.05 Å². The molecule has 2 heterocycles. The van der Waals surface area contributed by atoms with Crippen molar-refractivity contribution >= 4 is 5.91 Å². The van der Waals surface area contributed by atoms with E-state index in [4.69, 9.17) is 0 Å². The Morgan fingerprint density at radius 3 is 2.55 bits per heavy atom. The third-order valence-electron chi connectivity index (χ3n) is 2.78. The molecule has 0 saturated heterocycles. The fourth-order valence-electron chi connectivity index (χ4n) is 1.70. The monoisotopic (exact) mass is 312 g/mol. The summed E-state index contributed by atoms with van der Waals surface area (Å²) >= 11 is 0. The molecule has 0 unspecified atom stereocenters. The number of pyridine rings is 1. The number of alkyl halides is 3. The molecule has 2 aromatic rings. The molecule has 0 radical (unpaired) electrons. The lowest BCUT2D eigenvalue weighted by Crippen LogP contribution is -2.39.